The Labute approximate surface area is 120 Å². The Bertz CT molecular complexity index is 525. The normalized spacial score (nSPS) is 16.0. The maximum Gasteiger partial charge on any atom is 0.341 e. The van der Waals surface area contributed by atoms with Gasteiger partial charge in [-0.25, -0.2) is 22.4 Å². The molecule has 0 atom stereocenters. The Hall–Kier alpha value is -1.59. The van der Waals surface area contributed by atoms with Crippen molar-refractivity contribution in [3.05, 3.63) is 34.9 Å². The molecule has 1 fully saturated rings. The zero-order valence-corrected chi connectivity index (χ0v) is 11.4. The minimum Gasteiger partial charge on any atom is -0.462 e. The van der Waals surface area contributed by atoms with Gasteiger partial charge in [0.1, 0.15) is 5.56 Å². The summed E-state index contributed by atoms with van der Waals surface area (Å²) in [6.07, 6.45) is 6.25. The van der Waals surface area contributed by atoms with E-state index in [4.69, 9.17) is 4.74 Å². The summed E-state index contributed by atoms with van der Waals surface area (Å²) in [4.78, 5) is 11.6. The lowest BCUT2D eigenvalue weighted by Gasteiger charge is -2.21. The van der Waals surface area contributed by atoms with Gasteiger partial charge in [0, 0.05) is 0 Å². The van der Waals surface area contributed by atoms with Gasteiger partial charge in [-0.2, -0.15) is 0 Å². The van der Waals surface area contributed by atoms with E-state index in [-0.39, 0.29) is 6.61 Å². The van der Waals surface area contributed by atoms with Crippen LogP contribution in [0.2, 0.25) is 0 Å². The molecule has 2 rings (SSSR count). The third-order valence-electron chi connectivity index (χ3n) is 3.81. The second-order valence-electron chi connectivity index (χ2n) is 5.28. The first-order valence-corrected chi connectivity index (χ1v) is 7.00. The van der Waals surface area contributed by atoms with Crippen LogP contribution < -0.4 is 0 Å². The molecule has 0 aliphatic heterocycles. The molecular formula is C15H16F4O2. The lowest BCUT2D eigenvalue weighted by molar-refractivity contribution is 0.0467. The maximum absolute atomic E-state index is 13.4. The first-order valence-electron chi connectivity index (χ1n) is 7.00. The van der Waals surface area contributed by atoms with Crippen molar-refractivity contribution in [2.45, 2.75) is 38.5 Å². The highest BCUT2D eigenvalue weighted by molar-refractivity contribution is 5.89. The van der Waals surface area contributed by atoms with Crippen molar-refractivity contribution in [1.29, 1.82) is 0 Å². The van der Waals surface area contributed by atoms with Gasteiger partial charge in [0.25, 0.3) is 0 Å². The molecule has 21 heavy (non-hydrogen) atoms. The summed E-state index contributed by atoms with van der Waals surface area (Å²) in [5, 5.41) is 0. The van der Waals surface area contributed by atoms with Crippen LogP contribution in [0, 0.1) is 29.2 Å². The minimum atomic E-state index is -2.01. The van der Waals surface area contributed by atoms with Gasteiger partial charge in [-0.3, -0.25) is 0 Å². The summed E-state index contributed by atoms with van der Waals surface area (Å²) in [5.41, 5.74) is -0.921. The number of carbonyl (C=O) groups is 1. The largest absolute Gasteiger partial charge is 0.462 e. The van der Waals surface area contributed by atoms with Crippen LogP contribution in [-0.2, 0) is 4.74 Å². The average Bonchev–Trinajstić information content (AvgIpc) is 2.49. The predicted molar refractivity (Wildman–Crippen MR) is 67.7 cm³/mol. The molecule has 2 nitrogen and oxygen atoms in total. The van der Waals surface area contributed by atoms with E-state index in [1.807, 2.05) is 0 Å². The van der Waals surface area contributed by atoms with Gasteiger partial charge in [-0.1, -0.05) is 32.1 Å². The Morgan fingerprint density at radius 1 is 1.05 bits per heavy atom. The van der Waals surface area contributed by atoms with Gasteiger partial charge in [0.05, 0.1) is 6.61 Å². The average molecular weight is 304 g/mol. The monoisotopic (exact) mass is 304 g/mol. The van der Waals surface area contributed by atoms with Gasteiger partial charge in [0.15, 0.2) is 23.3 Å². The fourth-order valence-corrected chi connectivity index (χ4v) is 2.59. The van der Waals surface area contributed by atoms with Crippen LogP contribution >= 0.6 is 0 Å². The summed E-state index contributed by atoms with van der Waals surface area (Å²) < 4.78 is 57.0. The molecular weight excluding hydrogens is 288 g/mol. The molecule has 116 valence electrons. The number of carbonyl (C=O) groups excluding carboxylic acids is 1. The van der Waals surface area contributed by atoms with Crippen LogP contribution in [0.4, 0.5) is 17.6 Å². The molecule has 0 unspecified atom stereocenters. The Morgan fingerprint density at radius 2 is 1.71 bits per heavy atom. The zero-order chi connectivity index (χ0) is 15.4. The van der Waals surface area contributed by atoms with Crippen LogP contribution in [0.15, 0.2) is 6.07 Å². The number of esters is 1. The van der Waals surface area contributed by atoms with E-state index < -0.39 is 34.8 Å². The van der Waals surface area contributed by atoms with Crippen LogP contribution in [0.3, 0.4) is 0 Å². The molecule has 0 bridgehead atoms. The lowest BCUT2D eigenvalue weighted by Crippen LogP contribution is -2.15. The summed E-state index contributed by atoms with van der Waals surface area (Å²) in [6, 6.07) is 0.316. The predicted octanol–water partition coefficient (Wildman–Crippen LogP) is 4.37. The second-order valence-corrected chi connectivity index (χ2v) is 5.28. The quantitative estimate of drug-likeness (QED) is 0.357. The van der Waals surface area contributed by atoms with Crippen molar-refractivity contribution >= 4 is 5.97 Å². The molecule has 0 spiro atoms. The summed E-state index contributed by atoms with van der Waals surface area (Å²) in [6.45, 7) is 0.0591. The Balaban J connectivity index is 1.94. The van der Waals surface area contributed by atoms with E-state index in [9.17, 15) is 22.4 Å². The van der Waals surface area contributed by atoms with Gasteiger partial charge in [0.2, 0.25) is 0 Å². The molecule has 1 aliphatic rings. The van der Waals surface area contributed by atoms with Crippen molar-refractivity contribution in [1.82, 2.24) is 0 Å². The summed E-state index contributed by atoms with van der Waals surface area (Å²) in [7, 11) is 0. The van der Waals surface area contributed by atoms with E-state index in [2.05, 4.69) is 0 Å². The highest BCUT2D eigenvalue weighted by Crippen LogP contribution is 2.26. The van der Waals surface area contributed by atoms with Crippen molar-refractivity contribution in [3.8, 4) is 0 Å². The van der Waals surface area contributed by atoms with E-state index in [0.717, 1.165) is 25.7 Å². The number of hydrogen-bond acceptors (Lipinski definition) is 2. The van der Waals surface area contributed by atoms with Gasteiger partial charge in [-0.15, -0.1) is 0 Å². The number of halogens is 4. The molecule has 1 aromatic rings. The smallest absolute Gasteiger partial charge is 0.341 e. The zero-order valence-electron chi connectivity index (χ0n) is 11.4. The molecule has 1 aromatic carbocycles. The second kappa shape index (κ2) is 6.91. The summed E-state index contributed by atoms with van der Waals surface area (Å²) >= 11 is 0. The molecule has 0 heterocycles. The highest BCUT2D eigenvalue weighted by atomic mass is 19.2. The number of benzene rings is 1. The van der Waals surface area contributed by atoms with Crippen LogP contribution in [0.25, 0.3) is 0 Å². The van der Waals surface area contributed by atoms with E-state index in [0.29, 0.717) is 18.4 Å². The van der Waals surface area contributed by atoms with Crippen molar-refractivity contribution in [3.63, 3.8) is 0 Å². The van der Waals surface area contributed by atoms with Crippen LogP contribution in [0.5, 0.6) is 0 Å². The molecule has 0 radical (unpaired) electrons. The molecule has 1 aliphatic carbocycles. The van der Waals surface area contributed by atoms with Crippen molar-refractivity contribution < 1.29 is 27.1 Å². The molecule has 0 saturated heterocycles. The minimum absolute atomic E-state index is 0.0591. The van der Waals surface area contributed by atoms with Gasteiger partial charge >= 0.3 is 5.97 Å². The number of ether oxygens (including phenoxy) is 1. The number of rotatable bonds is 4. The highest BCUT2D eigenvalue weighted by Gasteiger charge is 2.24. The van der Waals surface area contributed by atoms with Gasteiger partial charge < -0.3 is 4.74 Å². The van der Waals surface area contributed by atoms with E-state index in [1.165, 1.54) is 6.42 Å². The third kappa shape index (κ3) is 3.74. The fraction of sp³-hybridized carbons (Fsp3) is 0.533. The SMILES string of the molecule is O=C(OCCC1CCCCC1)c1cc(F)c(F)c(F)c1F. The number of hydrogen-bond donors (Lipinski definition) is 0. The Morgan fingerprint density at radius 3 is 2.38 bits per heavy atom. The van der Waals surface area contributed by atoms with E-state index in [1.54, 1.807) is 0 Å². The lowest BCUT2D eigenvalue weighted by atomic mass is 9.87. The molecule has 6 heteroatoms. The third-order valence-corrected chi connectivity index (χ3v) is 3.81. The molecule has 0 aromatic heterocycles. The fourth-order valence-electron chi connectivity index (χ4n) is 2.59. The Kier molecular flexibility index (Phi) is 5.20. The molecule has 0 amide bonds. The summed E-state index contributed by atoms with van der Waals surface area (Å²) in [5.74, 6) is -8.01. The molecule has 0 N–H and O–H groups in total. The van der Waals surface area contributed by atoms with Crippen molar-refractivity contribution in [2.75, 3.05) is 6.61 Å². The van der Waals surface area contributed by atoms with Crippen LogP contribution in [-0.4, -0.2) is 12.6 Å². The van der Waals surface area contributed by atoms with Crippen LogP contribution in [0.1, 0.15) is 48.9 Å². The van der Waals surface area contributed by atoms with Crippen molar-refractivity contribution in [2.24, 2.45) is 5.92 Å². The standard InChI is InChI=1S/C15H16F4O2/c16-11-8-10(12(17)14(19)13(11)18)15(20)21-7-6-9-4-2-1-3-5-9/h8-9H,1-7H2. The molecule has 1 saturated carbocycles. The van der Waals surface area contributed by atoms with Gasteiger partial charge in [-0.05, 0) is 18.4 Å². The first-order chi connectivity index (χ1) is 10.0. The maximum atomic E-state index is 13.4. The van der Waals surface area contributed by atoms with E-state index >= 15 is 0 Å². The topological polar surface area (TPSA) is 26.3 Å². The first kappa shape index (κ1) is 15.8.